The highest BCUT2D eigenvalue weighted by Crippen LogP contribution is 2.41. The Morgan fingerprint density at radius 1 is 1.32 bits per heavy atom. The second-order valence-corrected chi connectivity index (χ2v) is 5.61. The van der Waals surface area contributed by atoms with Crippen molar-refractivity contribution in [2.24, 2.45) is 5.73 Å². The van der Waals surface area contributed by atoms with Crippen molar-refractivity contribution in [3.63, 3.8) is 0 Å². The second kappa shape index (κ2) is 4.94. The Labute approximate surface area is 117 Å². The minimum Gasteiger partial charge on any atom is -0.330 e. The van der Waals surface area contributed by atoms with Crippen LogP contribution in [0, 0.1) is 0 Å². The van der Waals surface area contributed by atoms with Gasteiger partial charge in [0.15, 0.2) is 0 Å². The molecule has 1 saturated carbocycles. The number of hydrogen-bond donors (Lipinski definition) is 1. The van der Waals surface area contributed by atoms with E-state index in [4.69, 9.17) is 17.3 Å². The number of halogens is 1. The summed E-state index contributed by atoms with van der Waals surface area (Å²) in [5.74, 6) is 0. The van der Waals surface area contributed by atoms with Gasteiger partial charge in [-0.2, -0.15) is 5.10 Å². The van der Waals surface area contributed by atoms with Crippen LogP contribution < -0.4 is 5.73 Å². The summed E-state index contributed by atoms with van der Waals surface area (Å²) >= 11 is 6.39. The fourth-order valence-electron chi connectivity index (χ4n) is 3.02. The molecular formula is C14H17ClN4. The second-order valence-electron chi connectivity index (χ2n) is 5.20. The van der Waals surface area contributed by atoms with Crippen LogP contribution in [0.4, 0.5) is 0 Å². The normalized spacial score (nSPS) is 17.8. The Balaban J connectivity index is 2.00. The molecule has 1 aromatic carbocycles. The fraction of sp³-hybridized carbons (Fsp3) is 0.429. The molecule has 19 heavy (non-hydrogen) atoms. The smallest absolute Gasteiger partial charge is 0.138 e. The molecule has 2 N–H and O–H groups in total. The van der Waals surface area contributed by atoms with E-state index in [0.717, 1.165) is 18.5 Å². The summed E-state index contributed by atoms with van der Waals surface area (Å²) in [7, 11) is 0. The minimum absolute atomic E-state index is 0.116. The molecule has 0 atom stereocenters. The predicted molar refractivity (Wildman–Crippen MR) is 75.6 cm³/mol. The first-order chi connectivity index (χ1) is 9.25. The summed E-state index contributed by atoms with van der Waals surface area (Å²) in [6.45, 7) is 0.687. The van der Waals surface area contributed by atoms with E-state index in [1.807, 2.05) is 12.1 Å². The van der Waals surface area contributed by atoms with Gasteiger partial charge in [-0.25, -0.2) is 9.67 Å². The van der Waals surface area contributed by atoms with Crippen molar-refractivity contribution in [3.8, 4) is 5.69 Å². The molecule has 100 valence electrons. The third-order valence-corrected chi connectivity index (χ3v) is 4.48. The van der Waals surface area contributed by atoms with Gasteiger partial charge in [0, 0.05) is 12.0 Å². The highest BCUT2D eigenvalue weighted by atomic mass is 35.5. The Bertz CT molecular complexity index is 559. The summed E-state index contributed by atoms with van der Waals surface area (Å²) < 4.78 is 1.68. The van der Waals surface area contributed by atoms with Crippen LogP contribution >= 0.6 is 11.6 Å². The van der Waals surface area contributed by atoms with E-state index in [9.17, 15) is 0 Å². The van der Waals surface area contributed by atoms with E-state index in [-0.39, 0.29) is 5.41 Å². The van der Waals surface area contributed by atoms with E-state index in [2.05, 4.69) is 16.1 Å². The quantitative estimate of drug-likeness (QED) is 0.938. The number of hydrogen-bond acceptors (Lipinski definition) is 3. The zero-order valence-electron chi connectivity index (χ0n) is 10.7. The maximum absolute atomic E-state index is 6.39. The topological polar surface area (TPSA) is 56.7 Å². The van der Waals surface area contributed by atoms with Crippen molar-refractivity contribution in [2.75, 3.05) is 6.54 Å². The summed E-state index contributed by atoms with van der Waals surface area (Å²) in [6, 6.07) is 6.17. The van der Waals surface area contributed by atoms with Crippen molar-refractivity contribution in [3.05, 3.63) is 41.4 Å². The SMILES string of the molecule is NCC1(c2ccc(-n3cncn3)c(Cl)c2)CCCC1. The lowest BCUT2D eigenvalue weighted by Crippen LogP contribution is -2.32. The maximum atomic E-state index is 6.39. The van der Waals surface area contributed by atoms with E-state index in [1.165, 1.54) is 24.7 Å². The fourth-order valence-corrected chi connectivity index (χ4v) is 3.28. The zero-order chi connectivity index (χ0) is 13.3. The molecule has 2 aromatic rings. The first-order valence-corrected chi connectivity index (χ1v) is 6.98. The van der Waals surface area contributed by atoms with Gasteiger partial charge in [0.05, 0.1) is 10.7 Å². The van der Waals surface area contributed by atoms with Gasteiger partial charge in [-0.1, -0.05) is 30.5 Å². The molecule has 5 heteroatoms. The lowest BCUT2D eigenvalue weighted by molar-refractivity contribution is 0.453. The highest BCUT2D eigenvalue weighted by Gasteiger charge is 2.34. The van der Waals surface area contributed by atoms with Gasteiger partial charge in [-0.15, -0.1) is 0 Å². The number of aromatic nitrogens is 3. The third kappa shape index (κ3) is 2.15. The monoisotopic (exact) mass is 276 g/mol. The van der Waals surface area contributed by atoms with Crippen LogP contribution in [-0.2, 0) is 5.41 Å². The minimum atomic E-state index is 0.116. The summed E-state index contributed by atoms with van der Waals surface area (Å²) in [6.07, 6.45) is 7.96. The molecule has 0 saturated heterocycles. The largest absolute Gasteiger partial charge is 0.330 e. The number of nitrogens with two attached hydrogens (primary N) is 1. The molecule has 0 bridgehead atoms. The van der Waals surface area contributed by atoms with E-state index < -0.39 is 0 Å². The average molecular weight is 277 g/mol. The van der Waals surface area contributed by atoms with Crippen molar-refractivity contribution < 1.29 is 0 Å². The van der Waals surface area contributed by atoms with Crippen LogP contribution in [0.5, 0.6) is 0 Å². The molecule has 0 amide bonds. The van der Waals surface area contributed by atoms with Crippen LogP contribution in [0.3, 0.4) is 0 Å². The Morgan fingerprint density at radius 3 is 2.68 bits per heavy atom. The zero-order valence-corrected chi connectivity index (χ0v) is 11.5. The maximum Gasteiger partial charge on any atom is 0.138 e. The molecule has 0 spiro atoms. The average Bonchev–Trinajstić information content (AvgIpc) is 3.11. The van der Waals surface area contributed by atoms with Gasteiger partial charge < -0.3 is 5.73 Å². The molecule has 0 unspecified atom stereocenters. The summed E-state index contributed by atoms with van der Waals surface area (Å²) in [5.41, 5.74) is 8.23. The first kappa shape index (κ1) is 12.6. The van der Waals surface area contributed by atoms with Gasteiger partial charge >= 0.3 is 0 Å². The highest BCUT2D eigenvalue weighted by molar-refractivity contribution is 6.32. The lowest BCUT2D eigenvalue weighted by Gasteiger charge is -2.28. The van der Waals surface area contributed by atoms with Crippen LogP contribution in [0.1, 0.15) is 31.2 Å². The Morgan fingerprint density at radius 2 is 2.11 bits per heavy atom. The summed E-state index contributed by atoms with van der Waals surface area (Å²) in [4.78, 5) is 3.94. The molecular weight excluding hydrogens is 260 g/mol. The van der Waals surface area contributed by atoms with Crippen LogP contribution in [-0.4, -0.2) is 21.3 Å². The van der Waals surface area contributed by atoms with Crippen LogP contribution in [0.2, 0.25) is 5.02 Å². The van der Waals surface area contributed by atoms with Crippen molar-refractivity contribution >= 4 is 11.6 Å². The van der Waals surface area contributed by atoms with Gasteiger partial charge in [0.25, 0.3) is 0 Å². The van der Waals surface area contributed by atoms with E-state index in [1.54, 1.807) is 11.0 Å². The predicted octanol–water partition coefficient (Wildman–Crippen LogP) is 2.69. The molecule has 1 aliphatic rings. The van der Waals surface area contributed by atoms with Gasteiger partial charge in [0.1, 0.15) is 12.7 Å². The number of nitrogens with zero attached hydrogens (tertiary/aromatic N) is 3. The Kier molecular flexibility index (Phi) is 3.29. The third-order valence-electron chi connectivity index (χ3n) is 4.18. The van der Waals surface area contributed by atoms with Crippen molar-refractivity contribution in [1.29, 1.82) is 0 Å². The molecule has 0 aliphatic heterocycles. The Hall–Kier alpha value is -1.39. The molecule has 1 heterocycles. The van der Waals surface area contributed by atoms with Crippen LogP contribution in [0.25, 0.3) is 5.69 Å². The molecule has 1 aromatic heterocycles. The molecule has 0 radical (unpaired) electrons. The van der Waals surface area contributed by atoms with Gasteiger partial charge in [-0.05, 0) is 30.5 Å². The molecule has 1 aliphatic carbocycles. The van der Waals surface area contributed by atoms with Crippen LogP contribution in [0.15, 0.2) is 30.9 Å². The van der Waals surface area contributed by atoms with Gasteiger partial charge in [-0.3, -0.25) is 0 Å². The number of benzene rings is 1. The molecule has 4 nitrogen and oxygen atoms in total. The standard InChI is InChI=1S/C14H17ClN4/c15-12-7-11(14(8-16)5-1-2-6-14)3-4-13(12)19-10-17-9-18-19/h3-4,7,9-10H,1-2,5-6,8,16H2. The summed E-state index contributed by atoms with van der Waals surface area (Å²) in [5, 5.41) is 4.81. The van der Waals surface area contributed by atoms with E-state index in [0.29, 0.717) is 11.6 Å². The van der Waals surface area contributed by atoms with Gasteiger partial charge in [0.2, 0.25) is 0 Å². The van der Waals surface area contributed by atoms with Crippen molar-refractivity contribution in [1.82, 2.24) is 14.8 Å². The lowest BCUT2D eigenvalue weighted by atomic mass is 9.79. The van der Waals surface area contributed by atoms with E-state index >= 15 is 0 Å². The molecule has 3 rings (SSSR count). The molecule has 1 fully saturated rings. The van der Waals surface area contributed by atoms with Crippen molar-refractivity contribution in [2.45, 2.75) is 31.1 Å². The first-order valence-electron chi connectivity index (χ1n) is 6.60. The number of rotatable bonds is 3.